The fourth-order valence-corrected chi connectivity index (χ4v) is 6.09. The van der Waals surface area contributed by atoms with E-state index in [4.69, 9.17) is 4.98 Å². The summed E-state index contributed by atoms with van der Waals surface area (Å²) in [5, 5.41) is 2.15. The number of thiophene rings is 1. The average Bonchev–Trinajstić information content (AvgIpc) is 3.24. The first-order valence-corrected chi connectivity index (χ1v) is 10.4. The molecule has 3 unspecified atom stereocenters. The molecule has 116 valence electrons. The molecule has 0 saturated carbocycles. The molecule has 0 aromatic carbocycles. The number of hydrogen-bond acceptors (Lipinski definition) is 3. The van der Waals surface area contributed by atoms with E-state index in [9.17, 15) is 0 Å². The first-order valence-electron chi connectivity index (χ1n) is 8.27. The van der Waals surface area contributed by atoms with Crippen LogP contribution in [-0.2, 0) is 0 Å². The van der Waals surface area contributed by atoms with Crippen molar-refractivity contribution >= 4 is 41.2 Å². The second kappa shape index (κ2) is 5.90. The van der Waals surface area contributed by atoms with Crippen molar-refractivity contribution in [1.29, 1.82) is 0 Å². The number of hydrogen-bond donors (Lipinski definition) is 0. The van der Waals surface area contributed by atoms with Crippen LogP contribution in [0.4, 0.5) is 0 Å². The molecule has 5 heteroatoms. The fourth-order valence-electron chi connectivity index (χ4n) is 3.61. The van der Waals surface area contributed by atoms with Gasteiger partial charge in [-0.3, -0.25) is 4.98 Å². The molecule has 3 nitrogen and oxygen atoms in total. The molecule has 1 saturated heterocycles. The highest BCUT2D eigenvalue weighted by atomic mass is 32.1. The summed E-state index contributed by atoms with van der Waals surface area (Å²) in [7, 11) is 1.04. The van der Waals surface area contributed by atoms with Crippen molar-refractivity contribution in [2.45, 2.75) is 51.2 Å². The molecule has 3 aromatic heterocycles. The van der Waals surface area contributed by atoms with Crippen molar-refractivity contribution in [3.63, 3.8) is 0 Å². The van der Waals surface area contributed by atoms with Gasteiger partial charge in [-0.15, -0.1) is 11.3 Å². The summed E-state index contributed by atoms with van der Waals surface area (Å²) in [4.78, 5) is 9.61. The van der Waals surface area contributed by atoms with Gasteiger partial charge in [-0.25, -0.2) is 4.98 Å². The van der Waals surface area contributed by atoms with E-state index in [1.54, 1.807) is 0 Å². The minimum atomic E-state index is 0.526. The van der Waals surface area contributed by atoms with Crippen molar-refractivity contribution in [1.82, 2.24) is 14.5 Å². The summed E-state index contributed by atoms with van der Waals surface area (Å²) >= 11 is 1.81. The Bertz CT molecular complexity index is 801. The molecular formula is C17H22N3PS. The third-order valence-corrected chi connectivity index (χ3v) is 7.23. The number of aromatic nitrogens is 3. The molecule has 3 atom stereocenters. The van der Waals surface area contributed by atoms with Crippen molar-refractivity contribution in [2.24, 2.45) is 0 Å². The van der Waals surface area contributed by atoms with E-state index in [0.29, 0.717) is 11.7 Å². The molecule has 4 rings (SSSR count). The first kappa shape index (κ1) is 14.6. The van der Waals surface area contributed by atoms with Crippen LogP contribution in [0.3, 0.4) is 0 Å². The minimum absolute atomic E-state index is 0.526. The van der Waals surface area contributed by atoms with E-state index >= 15 is 0 Å². The van der Waals surface area contributed by atoms with Gasteiger partial charge in [-0.1, -0.05) is 28.8 Å². The molecule has 22 heavy (non-hydrogen) atoms. The number of fused-ring (bicyclic) bond motifs is 3. The van der Waals surface area contributed by atoms with Crippen LogP contribution in [-0.4, -0.2) is 20.7 Å². The Hall–Kier alpha value is -0.990. The van der Waals surface area contributed by atoms with E-state index in [1.807, 2.05) is 17.5 Å². The molecule has 0 aliphatic carbocycles. The Labute approximate surface area is 136 Å². The lowest BCUT2D eigenvalue weighted by Crippen LogP contribution is -2.09. The number of pyridine rings is 1. The van der Waals surface area contributed by atoms with E-state index in [1.165, 1.54) is 47.9 Å². The van der Waals surface area contributed by atoms with Gasteiger partial charge >= 0.3 is 0 Å². The largest absolute Gasteiger partial charge is 0.319 e. The molecule has 0 bridgehead atoms. The van der Waals surface area contributed by atoms with Crippen molar-refractivity contribution in [3.05, 3.63) is 23.5 Å². The zero-order valence-electron chi connectivity index (χ0n) is 13.2. The van der Waals surface area contributed by atoms with Crippen LogP contribution >= 0.6 is 19.9 Å². The van der Waals surface area contributed by atoms with E-state index in [2.05, 4.69) is 34.8 Å². The molecule has 1 aliphatic heterocycles. The van der Waals surface area contributed by atoms with Crippen molar-refractivity contribution in [3.8, 4) is 0 Å². The van der Waals surface area contributed by atoms with Gasteiger partial charge < -0.3 is 4.57 Å². The van der Waals surface area contributed by atoms with Crippen LogP contribution in [0.25, 0.3) is 21.3 Å². The molecule has 0 spiro atoms. The van der Waals surface area contributed by atoms with Gasteiger partial charge in [0.05, 0.1) is 27.7 Å². The Morgan fingerprint density at radius 1 is 1.45 bits per heavy atom. The van der Waals surface area contributed by atoms with Gasteiger partial charge in [0.15, 0.2) is 0 Å². The van der Waals surface area contributed by atoms with Crippen LogP contribution in [0.2, 0.25) is 0 Å². The van der Waals surface area contributed by atoms with Gasteiger partial charge in [0.1, 0.15) is 11.3 Å². The van der Waals surface area contributed by atoms with E-state index in [-0.39, 0.29) is 0 Å². The average molecular weight is 331 g/mol. The van der Waals surface area contributed by atoms with Crippen LogP contribution in [0, 0.1) is 0 Å². The molecule has 1 aliphatic rings. The van der Waals surface area contributed by atoms with Gasteiger partial charge in [0, 0.05) is 5.92 Å². The monoisotopic (exact) mass is 331 g/mol. The second-order valence-corrected chi connectivity index (χ2v) is 8.76. The minimum Gasteiger partial charge on any atom is -0.319 e. The van der Waals surface area contributed by atoms with E-state index in [0.717, 1.165) is 19.6 Å². The van der Waals surface area contributed by atoms with Gasteiger partial charge in [-0.05, 0) is 36.9 Å². The SMILES string of the molecule is CCCC(C)c1nc2cnc3ccsc3c2n1C1CCCP1. The third kappa shape index (κ3) is 2.28. The first-order chi connectivity index (χ1) is 10.8. The van der Waals surface area contributed by atoms with Gasteiger partial charge in [-0.2, -0.15) is 0 Å². The van der Waals surface area contributed by atoms with Crippen LogP contribution in [0.5, 0.6) is 0 Å². The normalized spacial score (nSPS) is 21.3. The quantitative estimate of drug-likeness (QED) is 0.589. The van der Waals surface area contributed by atoms with Gasteiger partial charge in [0.2, 0.25) is 0 Å². The van der Waals surface area contributed by atoms with E-state index < -0.39 is 0 Å². The lowest BCUT2D eigenvalue weighted by atomic mass is 10.1. The standard InChI is InChI=1S/C17H22N3PS/c1-3-5-11(2)17-19-13-10-18-12-7-9-22-16(12)15(13)20(17)14-6-4-8-21-14/h7,9-11,14,21H,3-6,8H2,1-2H3. The zero-order chi connectivity index (χ0) is 15.1. The Morgan fingerprint density at radius 2 is 2.36 bits per heavy atom. The molecule has 4 heterocycles. The predicted octanol–water partition coefficient (Wildman–Crippen LogP) is 5.52. The van der Waals surface area contributed by atoms with Crippen LogP contribution < -0.4 is 0 Å². The predicted molar refractivity (Wildman–Crippen MR) is 97.7 cm³/mol. The fraction of sp³-hybridized carbons (Fsp3) is 0.529. The maximum Gasteiger partial charge on any atom is 0.113 e. The Kier molecular flexibility index (Phi) is 3.91. The summed E-state index contributed by atoms with van der Waals surface area (Å²) in [6, 6.07) is 2.13. The molecule has 0 N–H and O–H groups in total. The Balaban J connectivity index is 1.99. The second-order valence-electron chi connectivity index (χ2n) is 6.27. The smallest absolute Gasteiger partial charge is 0.113 e. The Morgan fingerprint density at radius 3 is 3.14 bits per heavy atom. The number of rotatable bonds is 4. The lowest BCUT2D eigenvalue weighted by molar-refractivity contribution is 0.557. The van der Waals surface area contributed by atoms with Crippen molar-refractivity contribution < 1.29 is 0 Å². The summed E-state index contributed by atoms with van der Waals surface area (Å²) in [6.45, 7) is 4.60. The van der Waals surface area contributed by atoms with Crippen molar-refractivity contribution in [2.75, 3.05) is 6.16 Å². The molecular weight excluding hydrogens is 309 g/mol. The van der Waals surface area contributed by atoms with Gasteiger partial charge in [0.25, 0.3) is 0 Å². The summed E-state index contributed by atoms with van der Waals surface area (Å²) in [5.74, 6) is 2.48. The molecule has 0 radical (unpaired) electrons. The van der Waals surface area contributed by atoms with Crippen LogP contribution in [0.15, 0.2) is 17.6 Å². The molecule has 1 fully saturated rings. The molecule has 0 amide bonds. The summed E-state index contributed by atoms with van der Waals surface area (Å²) in [5.41, 5.74) is 3.55. The molecule has 3 aromatic rings. The topological polar surface area (TPSA) is 30.7 Å². The van der Waals surface area contributed by atoms with Crippen LogP contribution in [0.1, 0.15) is 57.1 Å². The highest BCUT2D eigenvalue weighted by molar-refractivity contribution is 7.38. The maximum absolute atomic E-state index is 5.02. The lowest BCUT2D eigenvalue weighted by Gasteiger charge is -2.19. The highest BCUT2D eigenvalue weighted by Gasteiger charge is 2.26. The summed E-state index contributed by atoms with van der Waals surface area (Å²) in [6.07, 6.45) is 8.45. The summed E-state index contributed by atoms with van der Waals surface area (Å²) < 4.78 is 3.92. The maximum atomic E-state index is 5.02. The number of imidazole rings is 1. The third-order valence-electron chi connectivity index (χ3n) is 4.66. The highest BCUT2D eigenvalue weighted by Crippen LogP contribution is 2.46. The zero-order valence-corrected chi connectivity index (χ0v) is 15.0. The number of nitrogens with zero attached hydrogens (tertiary/aromatic N) is 3.